The van der Waals surface area contributed by atoms with Crippen molar-refractivity contribution in [1.29, 1.82) is 0 Å². The van der Waals surface area contributed by atoms with E-state index in [1.54, 1.807) is 47.3 Å². The first-order chi connectivity index (χ1) is 15.3. The average molecular weight is 440 g/mol. The van der Waals surface area contributed by atoms with Crippen molar-refractivity contribution in [3.63, 3.8) is 0 Å². The van der Waals surface area contributed by atoms with E-state index < -0.39 is 17.8 Å². The molecule has 3 heterocycles. The maximum Gasteiger partial charge on any atom is 0.433 e. The summed E-state index contributed by atoms with van der Waals surface area (Å²) in [6, 6.07) is 9.89. The summed E-state index contributed by atoms with van der Waals surface area (Å²) in [5.41, 5.74) is -0.632. The SMILES string of the molecule is Cc1nccn1-c1cc(Oc2ccc(NC(=O)c3ccc(C(F)(F)F)nc3)cc2)ncn1. The molecule has 0 spiro atoms. The highest BCUT2D eigenvalue weighted by Crippen LogP contribution is 2.27. The number of ether oxygens (including phenoxy) is 1. The Labute approximate surface area is 179 Å². The number of rotatable bonds is 5. The Morgan fingerprint density at radius 1 is 1.03 bits per heavy atom. The number of anilines is 1. The van der Waals surface area contributed by atoms with Crippen LogP contribution < -0.4 is 10.1 Å². The van der Waals surface area contributed by atoms with Gasteiger partial charge in [-0.15, -0.1) is 0 Å². The summed E-state index contributed by atoms with van der Waals surface area (Å²) in [5.74, 6) is 1.55. The van der Waals surface area contributed by atoms with Crippen LogP contribution in [0.25, 0.3) is 5.82 Å². The fraction of sp³-hybridized carbons (Fsp3) is 0.0952. The third-order valence-electron chi connectivity index (χ3n) is 4.35. The largest absolute Gasteiger partial charge is 0.439 e. The lowest BCUT2D eigenvalue weighted by Crippen LogP contribution is -2.14. The molecular formula is C21H15F3N6O2. The lowest BCUT2D eigenvalue weighted by Gasteiger charge is -2.09. The van der Waals surface area contributed by atoms with E-state index in [1.807, 2.05) is 6.92 Å². The van der Waals surface area contributed by atoms with Gasteiger partial charge in [0, 0.05) is 30.3 Å². The van der Waals surface area contributed by atoms with Gasteiger partial charge >= 0.3 is 6.18 Å². The maximum absolute atomic E-state index is 12.6. The topological polar surface area (TPSA) is 94.8 Å². The summed E-state index contributed by atoms with van der Waals surface area (Å²) in [7, 11) is 0. The van der Waals surface area contributed by atoms with E-state index in [-0.39, 0.29) is 5.56 Å². The van der Waals surface area contributed by atoms with Crippen molar-refractivity contribution >= 4 is 11.6 Å². The van der Waals surface area contributed by atoms with E-state index >= 15 is 0 Å². The molecule has 0 aliphatic carbocycles. The van der Waals surface area contributed by atoms with Crippen LogP contribution in [0.5, 0.6) is 11.6 Å². The highest BCUT2D eigenvalue weighted by atomic mass is 19.4. The molecule has 0 fully saturated rings. The van der Waals surface area contributed by atoms with E-state index in [4.69, 9.17) is 4.74 Å². The van der Waals surface area contributed by atoms with Crippen LogP contribution in [0.4, 0.5) is 18.9 Å². The predicted molar refractivity (Wildman–Crippen MR) is 108 cm³/mol. The lowest BCUT2D eigenvalue weighted by atomic mass is 10.2. The maximum atomic E-state index is 12.6. The van der Waals surface area contributed by atoms with Crippen LogP contribution in [-0.4, -0.2) is 30.4 Å². The van der Waals surface area contributed by atoms with Crippen molar-refractivity contribution < 1.29 is 22.7 Å². The molecule has 3 aromatic heterocycles. The van der Waals surface area contributed by atoms with Crippen molar-refractivity contribution in [3.8, 4) is 17.4 Å². The minimum Gasteiger partial charge on any atom is -0.439 e. The third kappa shape index (κ3) is 4.72. The number of hydrogen-bond acceptors (Lipinski definition) is 6. The fourth-order valence-electron chi connectivity index (χ4n) is 2.76. The second-order valence-electron chi connectivity index (χ2n) is 6.57. The minimum absolute atomic E-state index is 0.00152. The van der Waals surface area contributed by atoms with E-state index in [0.29, 0.717) is 23.1 Å². The van der Waals surface area contributed by atoms with Crippen LogP contribution in [0.15, 0.2) is 67.4 Å². The number of hydrogen-bond donors (Lipinski definition) is 1. The number of pyridine rings is 1. The zero-order valence-electron chi connectivity index (χ0n) is 16.5. The number of carbonyl (C=O) groups is 1. The van der Waals surface area contributed by atoms with Gasteiger partial charge in [0.25, 0.3) is 5.91 Å². The Balaban J connectivity index is 1.41. The number of alkyl halides is 3. The van der Waals surface area contributed by atoms with Crippen molar-refractivity contribution in [1.82, 2.24) is 24.5 Å². The summed E-state index contributed by atoms with van der Waals surface area (Å²) in [4.78, 5) is 28.0. The first kappa shape index (κ1) is 21.0. The van der Waals surface area contributed by atoms with E-state index in [2.05, 4.69) is 25.3 Å². The standard InChI is InChI=1S/C21H15F3N6O2/c1-13-25-8-9-30(13)18-10-19(28-12-27-18)32-16-5-3-15(4-6-16)29-20(31)14-2-7-17(26-11-14)21(22,23)24/h2-12H,1H3,(H,29,31). The van der Waals surface area contributed by atoms with Crippen LogP contribution in [0, 0.1) is 6.92 Å². The van der Waals surface area contributed by atoms with Gasteiger partial charge in [-0.25, -0.2) is 15.0 Å². The molecule has 0 unspecified atom stereocenters. The number of amides is 1. The number of nitrogens with zero attached hydrogens (tertiary/aromatic N) is 5. The molecule has 0 atom stereocenters. The predicted octanol–water partition coefficient (Wildman–Crippen LogP) is 4.43. The monoisotopic (exact) mass is 440 g/mol. The van der Waals surface area contributed by atoms with Gasteiger partial charge in [0.1, 0.15) is 29.4 Å². The van der Waals surface area contributed by atoms with Crippen molar-refractivity contribution in [2.45, 2.75) is 13.1 Å². The number of aryl methyl sites for hydroxylation is 1. The number of carbonyl (C=O) groups excluding carboxylic acids is 1. The molecule has 0 radical (unpaired) electrons. The molecule has 32 heavy (non-hydrogen) atoms. The van der Waals surface area contributed by atoms with Crippen LogP contribution in [0.3, 0.4) is 0 Å². The second-order valence-corrected chi connectivity index (χ2v) is 6.57. The first-order valence-corrected chi connectivity index (χ1v) is 9.24. The molecule has 0 bridgehead atoms. The van der Waals surface area contributed by atoms with Crippen LogP contribution in [0.2, 0.25) is 0 Å². The number of imidazole rings is 1. The van der Waals surface area contributed by atoms with Gasteiger partial charge in [0.05, 0.1) is 5.56 Å². The summed E-state index contributed by atoms with van der Waals surface area (Å²) < 4.78 is 45.3. The summed E-state index contributed by atoms with van der Waals surface area (Å²) in [6.07, 6.45) is 1.12. The molecule has 4 rings (SSSR count). The molecule has 0 aliphatic heterocycles. The second kappa shape index (κ2) is 8.46. The highest BCUT2D eigenvalue weighted by molar-refractivity contribution is 6.04. The van der Waals surface area contributed by atoms with Gasteiger partial charge in [-0.2, -0.15) is 13.2 Å². The number of aromatic nitrogens is 5. The molecule has 11 heteroatoms. The fourth-order valence-corrected chi connectivity index (χ4v) is 2.76. The minimum atomic E-state index is -4.56. The Kier molecular flexibility index (Phi) is 5.54. The molecule has 8 nitrogen and oxygen atoms in total. The van der Waals surface area contributed by atoms with Crippen LogP contribution in [0.1, 0.15) is 21.9 Å². The first-order valence-electron chi connectivity index (χ1n) is 9.24. The molecule has 0 saturated heterocycles. The quantitative estimate of drug-likeness (QED) is 0.493. The highest BCUT2D eigenvalue weighted by Gasteiger charge is 2.32. The molecule has 1 N–H and O–H groups in total. The summed E-state index contributed by atoms with van der Waals surface area (Å²) >= 11 is 0. The Hall–Kier alpha value is -4.28. The van der Waals surface area contributed by atoms with Gasteiger partial charge < -0.3 is 10.1 Å². The molecule has 0 aliphatic rings. The van der Waals surface area contributed by atoms with Crippen LogP contribution in [-0.2, 0) is 6.18 Å². The van der Waals surface area contributed by atoms with Gasteiger partial charge in [-0.3, -0.25) is 14.3 Å². The van der Waals surface area contributed by atoms with Crippen LogP contribution >= 0.6 is 0 Å². The normalized spacial score (nSPS) is 11.2. The Morgan fingerprint density at radius 2 is 1.81 bits per heavy atom. The third-order valence-corrected chi connectivity index (χ3v) is 4.35. The molecule has 0 saturated carbocycles. The van der Waals surface area contributed by atoms with Gasteiger partial charge in [0.2, 0.25) is 5.88 Å². The number of halogens is 3. The lowest BCUT2D eigenvalue weighted by molar-refractivity contribution is -0.141. The van der Waals surface area contributed by atoms with E-state index in [0.717, 1.165) is 24.2 Å². The smallest absolute Gasteiger partial charge is 0.433 e. The Morgan fingerprint density at radius 3 is 2.44 bits per heavy atom. The molecule has 4 aromatic rings. The van der Waals surface area contributed by atoms with E-state index in [9.17, 15) is 18.0 Å². The molecular weight excluding hydrogens is 425 g/mol. The molecule has 162 valence electrons. The van der Waals surface area contributed by atoms with Crippen molar-refractivity contribution in [3.05, 3.63) is 84.5 Å². The molecule has 1 amide bonds. The van der Waals surface area contributed by atoms with Gasteiger partial charge in [-0.05, 0) is 43.3 Å². The number of nitrogens with one attached hydrogen (secondary N) is 1. The van der Waals surface area contributed by atoms with E-state index in [1.165, 1.54) is 6.33 Å². The number of benzene rings is 1. The zero-order valence-corrected chi connectivity index (χ0v) is 16.5. The van der Waals surface area contributed by atoms with Gasteiger partial charge in [0.15, 0.2) is 0 Å². The van der Waals surface area contributed by atoms with Crippen molar-refractivity contribution in [2.24, 2.45) is 0 Å². The van der Waals surface area contributed by atoms with Crippen molar-refractivity contribution in [2.75, 3.05) is 5.32 Å². The van der Waals surface area contributed by atoms with Gasteiger partial charge in [-0.1, -0.05) is 0 Å². The average Bonchev–Trinajstić information content (AvgIpc) is 3.21. The Bertz CT molecular complexity index is 1240. The summed E-state index contributed by atoms with van der Waals surface area (Å²) in [5, 5.41) is 2.59. The zero-order chi connectivity index (χ0) is 22.7. The summed E-state index contributed by atoms with van der Waals surface area (Å²) in [6.45, 7) is 1.84. The molecule has 1 aromatic carbocycles.